The first-order chi connectivity index (χ1) is 19.1. The molecular formula is C30H35N5O4. The van der Waals surface area contributed by atoms with Crippen LogP contribution in [0.4, 0.5) is 10.5 Å². The number of benzene rings is 3. The van der Waals surface area contributed by atoms with Gasteiger partial charge in [-0.25, -0.2) is 14.8 Å². The third kappa shape index (κ3) is 7.43. The van der Waals surface area contributed by atoms with Crippen LogP contribution >= 0.6 is 0 Å². The zero-order valence-electron chi connectivity index (χ0n) is 22.0. The number of amides is 3. The van der Waals surface area contributed by atoms with E-state index in [2.05, 4.69) is 10.6 Å². The van der Waals surface area contributed by atoms with Crippen LogP contribution < -0.4 is 21.4 Å². The molecule has 204 valence electrons. The number of ether oxygens (including phenoxy) is 1. The van der Waals surface area contributed by atoms with Crippen LogP contribution in [0.1, 0.15) is 40.0 Å². The molecule has 1 aliphatic rings. The molecule has 0 aromatic heterocycles. The van der Waals surface area contributed by atoms with Gasteiger partial charge in [-0.05, 0) is 42.7 Å². The average molecular weight is 530 g/mol. The van der Waals surface area contributed by atoms with Crippen molar-refractivity contribution in [1.82, 2.24) is 15.6 Å². The fraction of sp³-hybridized carbons (Fsp3) is 0.300. The van der Waals surface area contributed by atoms with Crippen molar-refractivity contribution in [2.75, 3.05) is 44.3 Å². The topological polar surface area (TPSA) is 117 Å². The number of nitrogens with one attached hydrogen (secondary N) is 2. The van der Waals surface area contributed by atoms with E-state index < -0.39 is 6.09 Å². The number of hydrazine groups is 1. The Bertz CT molecular complexity index is 1260. The summed E-state index contributed by atoms with van der Waals surface area (Å²) < 4.78 is 5.65. The molecule has 0 atom stereocenters. The summed E-state index contributed by atoms with van der Waals surface area (Å²) in [5, 5.41) is 9.11. The molecule has 0 radical (unpaired) electrons. The molecule has 3 aromatic rings. The van der Waals surface area contributed by atoms with Gasteiger partial charge in [-0.3, -0.25) is 9.59 Å². The van der Waals surface area contributed by atoms with E-state index in [1.165, 1.54) is 6.07 Å². The van der Waals surface area contributed by atoms with Gasteiger partial charge in [-0.1, -0.05) is 61.0 Å². The van der Waals surface area contributed by atoms with E-state index in [-0.39, 0.29) is 25.0 Å². The molecule has 4 N–H and O–H groups in total. The van der Waals surface area contributed by atoms with Crippen molar-refractivity contribution in [3.8, 4) is 11.1 Å². The molecule has 0 saturated carbocycles. The highest BCUT2D eigenvalue weighted by Crippen LogP contribution is 2.33. The number of hydrogen-bond acceptors (Lipinski definition) is 6. The lowest BCUT2D eigenvalue weighted by atomic mass is 10.0. The van der Waals surface area contributed by atoms with Gasteiger partial charge >= 0.3 is 6.09 Å². The number of nitrogens with two attached hydrogens (primary N) is 1. The summed E-state index contributed by atoms with van der Waals surface area (Å²) in [6, 6.07) is 24.2. The second-order valence-corrected chi connectivity index (χ2v) is 9.20. The molecule has 0 aliphatic carbocycles. The van der Waals surface area contributed by atoms with Crippen LogP contribution in [0.3, 0.4) is 0 Å². The molecule has 1 aliphatic heterocycles. The minimum atomic E-state index is -0.492. The first-order valence-electron chi connectivity index (χ1n) is 13.3. The monoisotopic (exact) mass is 529 g/mol. The highest BCUT2D eigenvalue weighted by molar-refractivity contribution is 5.99. The second-order valence-electron chi connectivity index (χ2n) is 9.20. The van der Waals surface area contributed by atoms with Crippen LogP contribution in [-0.4, -0.2) is 62.2 Å². The van der Waals surface area contributed by atoms with Crippen molar-refractivity contribution >= 4 is 23.6 Å². The first kappa shape index (κ1) is 27.8. The lowest BCUT2D eigenvalue weighted by molar-refractivity contribution is 0.0925. The van der Waals surface area contributed by atoms with Crippen molar-refractivity contribution < 1.29 is 19.1 Å². The Kier molecular flexibility index (Phi) is 10.0. The maximum atomic E-state index is 13.4. The number of hydrogen-bond donors (Lipinski definition) is 3. The van der Waals surface area contributed by atoms with Gasteiger partial charge in [-0.15, -0.1) is 0 Å². The molecule has 0 spiro atoms. The highest BCUT2D eigenvalue weighted by atomic mass is 16.6. The Balaban J connectivity index is 1.41. The van der Waals surface area contributed by atoms with Gasteiger partial charge in [0.1, 0.15) is 6.61 Å². The summed E-state index contributed by atoms with van der Waals surface area (Å²) in [4.78, 5) is 38.3. The summed E-state index contributed by atoms with van der Waals surface area (Å²) in [5.41, 5.74) is 8.84. The lowest BCUT2D eigenvalue weighted by Crippen LogP contribution is -2.50. The second kappa shape index (κ2) is 14.1. The zero-order chi connectivity index (χ0) is 27.5. The number of anilines is 1. The molecule has 3 aromatic carbocycles. The number of rotatable bonds is 10. The molecular weight excluding hydrogens is 494 g/mol. The quantitative estimate of drug-likeness (QED) is 0.344. The van der Waals surface area contributed by atoms with E-state index in [0.29, 0.717) is 24.2 Å². The van der Waals surface area contributed by atoms with Gasteiger partial charge < -0.3 is 21.1 Å². The SMILES string of the molecule is NCCNC(=O)c1cccc(C(=O)NCCOC(=O)N(c2ccccc2-c2ccccc2)N2CCCCC2)c1. The molecule has 9 heteroatoms. The van der Waals surface area contributed by atoms with Crippen molar-refractivity contribution in [3.05, 3.63) is 90.0 Å². The van der Waals surface area contributed by atoms with E-state index in [9.17, 15) is 14.4 Å². The average Bonchev–Trinajstić information content (AvgIpc) is 2.99. The summed E-state index contributed by atoms with van der Waals surface area (Å²) in [7, 11) is 0. The van der Waals surface area contributed by atoms with Gasteiger partial charge in [-0.2, -0.15) is 0 Å². The van der Waals surface area contributed by atoms with Gasteiger partial charge in [0, 0.05) is 42.9 Å². The van der Waals surface area contributed by atoms with Crippen LogP contribution in [0.15, 0.2) is 78.9 Å². The third-order valence-corrected chi connectivity index (χ3v) is 6.44. The molecule has 3 amide bonds. The van der Waals surface area contributed by atoms with E-state index >= 15 is 0 Å². The van der Waals surface area contributed by atoms with Crippen LogP contribution in [0.2, 0.25) is 0 Å². The number of piperidine rings is 1. The van der Waals surface area contributed by atoms with Crippen LogP contribution in [0.25, 0.3) is 11.1 Å². The summed E-state index contributed by atoms with van der Waals surface area (Å²) in [6.45, 7) is 2.32. The summed E-state index contributed by atoms with van der Waals surface area (Å²) >= 11 is 0. The predicted molar refractivity (Wildman–Crippen MR) is 151 cm³/mol. The fourth-order valence-corrected chi connectivity index (χ4v) is 4.52. The van der Waals surface area contributed by atoms with E-state index in [4.69, 9.17) is 10.5 Å². The summed E-state index contributed by atoms with van der Waals surface area (Å²) in [5.74, 6) is -0.653. The maximum absolute atomic E-state index is 13.4. The molecule has 0 unspecified atom stereocenters. The normalized spacial score (nSPS) is 13.4. The van der Waals surface area contributed by atoms with Crippen molar-refractivity contribution in [3.63, 3.8) is 0 Å². The van der Waals surface area contributed by atoms with Gasteiger partial charge in [0.05, 0.1) is 12.2 Å². The highest BCUT2D eigenvalue weighted by Gasteiger charge is 2.28. The largest absolute Gasteiger partial charge is 0.446 e. The number of para-hydroxylation sites is 1. The van der Waals surface area contributed by atoms with Crippen molar-refractivity contribution in [2.24, 2.45) is 5.73 Å². The Hall–Kier alpha value is -4.21. The molecule has 1 fully saturated rings. The Morgan fingerprint density at radius 2 is 1.44 bits per heavy atom. The molecule has 1 heterocycles. The molecule has 39 heavy (non-hydrogen) atoms. The van der Waals surface area contributed by atoms with Crippen molar-refractivity contribution in [1.29, 1.82) is 0 Å². The third-order valence-electron chi connectivity index (χ3n) is 6.44. The maximum Gasteiger partial charge on any atom is 0.429 e. The van der Waals surface area contributed by atoms with Gasteiger partial charge in [0.15, 0.2) is 0 Å². The smallest absolute Gasteiger partial charge is 0.429 e. The van der Waals surface area contributed by atoms with Gasteiger partial charge in [0.2, 0.25) is 0 Å². The number of nitrogens with zero attached hydrogens (tertiary/aromatic N) is 2. The standard InChI is InChI=1S/C30H35N5O4/c31-16-17-32-28(36)24-12-9-13-25(22-24)29(37)33-18-21-39-30(38)35(34-19-7-2-8-20-34)27-15-6-5-14-26(27)23-10-3-1-4-11-23/h1,3-6,9-15,22H,2,7-8,16-21,31H2,(H,32,36)(H,33,37). The number of carbonyl (C=O) groups excluding carboxylic acids is 3. The summed E-state index contributed by atoms with van der Waals surface area (Å²) in [6.07, 6.45) is 2.63. The van der Waals surface area contributed by atoms with E-state index in [1.54, 1.807) is 23.2 Å². The van der Waals surface area contributed by atoms with E-state index in [0.717, 1.165) is 49.2 Å². The van der Waals surface area contributed by atoms with Crippen LogP contribution in [0.5, 0.6) is 0 Å². The predicted octanol–water partition coefficient (Wildman–Crippen LogP) is 3.82. The van der Waals surface area contributed by atoms with Crippen molar-refractivity contribution in [2.45, 2.75) is 19.3 Å². The van der Waals surface area contributed by atoms with Crippen LogP contribution in [-0.2, 0) is 4.74 Å². The van der Waals surface area contributed by atoms with Crippen LogP contribution in [0, 0.1) is 0 Å². The molecule has 4 rings (SSSR count). The molecule has 9 nitrogen and oxygen atoms in total. The van der Waals surface area contributed by atoms with E-state index in [1.807, 2.05) is 59.6 Å². The zero-order valence-corrected chi connectivity index (χ0v) is 22.0. The fourth-order valence-electron chi connectivity index (χ4n) is 4.52. The minimum absolute atomic E-state index is 0.000899. The molecule has 1 saturated heterocycles. The number of carbonyl (C=O) groups is 3. The Labute approximate surface area is 228 Å². The first-order valence-corrected chi connectivity index (χ1v) is 13.3. The Morgan fingerprint density at radius 3 is 2.13 bits per heavy atom. The molecule has 0 bridgehead atoms. The minimum Gasteiger partial charge on any atom is -0.446 e. The Morgan fingerprint density at radius 1 is 0.795 bits per heavy atom. The van der Waals surface area contributed by atoms with Gasteiger partial charge in [0.25, 0.3) is 11.8 Å². The lowest BCUT2D eigenvalue weighted by Gasteiger charge is -2.37.